The number of benzene rings is 1. The highest BCUT2D eigenvalue weighted by Crippen LogP contribution is 2.38. The third-order valence-corrected chi connectivity index (χ3v) is 5.05. The molecule has 2 fully saturated rings. The molecule has 0 aromatic heterocycles. The van der Waals surface area contributed by atoms with Crippen LogP contribution in [-0.4, -0.2) is 36.5 Å². The number of rotatable bonds is 3. The van der Waals surface area contributed by atoms with E-state index in [0.717, 1.165) is 13.0 Å². The van der Waals surface area contributed by atoms with Gasteiger partial charge in [0.15, 0.2) is 0 Å². The van der Waals surface area contributed by atoms with Gasteiger partial charge < -0.3 is 10.2 Å². The number of nitrogens with one attached hydrogen (secondary N) is 1. The lowest BCUT2D eigenvalue weighted by Crippen LogP contribution is -2.52. The van der Waals surface area contributed by atoms with Gasteiger partial charge in [0.1, 0.15) is 0 Å². The molecule has 2 aliphatic rings. The zero-order valence-electron chi connectivity index (χ0n) is 11.8. The molecular formula is C16H21BrN2O. The first-order valence-corrected chi connectivity index (χ1v) is 8.16. The number of halogens is 1. The lowest BCUT2D eigenvalue weighted by molar-refractivity contribution is -0.132. The Kier molecular flexibility index (Phi) is 4.13. The van der Waals surface area contributed by atoms with E-state index in [2.05, 4.69) is 45.5 Å². The van der Waals surface area contributed by atoms with Crippen molar-refractivity contribution in [3.05, 3.63) is 34.3 Å². The summed E-state index contributed by atoms with van der Waals surface area (Å²) in [5.74, 6) is 0.969. The van der Waals surface area contributed by atoms with E-state index in [0.29, 0.717) is 24.4 Å². The van der Waals surface area contributed by atoms with Gasteiger partial charge in [-0.15, -0.1) is 0 Å². The van der Waals surface area contributed by atoms with Gasteiger partial charge in [0.25, 0.3) is 0 Å². The number of amides is 1. The van der Waals surface area contributed by atoms with E-state index < -0.39 is 0 Å². The third-order valence-electron chi connectivity index (χ3n) is 4.56. The molecule has 3 nitrogen and oxygen atoms in total. The maximum absolute atomic E-state index is 11.5. The minimum Gasteiger partial charge on any atom is -0.344 e. The molecule has 0 bridgehead atoms. The summed E-state index contributed by atoms with van der Waals surface area (Å²) in [6, 6.07) is 9.73. The van der Waals surface area contributed by atoms with E-state index in [-0.39, 0.29) is 5.91 Å². The van der Waals surface area contributed by atoms with Crippen LogP contribution in [0.15, 0.2) is 28.7 Å². The van der Waals surface area contributed by atoms with E-state index in [1.54, 1.807) is 0 Å². The predicted molar refractivity (Wildman–Crippen MR) is 83.7 cm³/mol. The zero-order valence-corrected chi connectivity index (χ0v) is 13.4. The van der Waals surface area contributed by atoms with Crippen molar-refractivity contribution in [1.82, 2.24) is 10.2 Å². The summed E-state index contributed by atoms with van der Waals surface area (Å²) in [5.41, 5.74) is 1.44. The smallest absolute Gasteiger partial charge is 0.222 e. The van der Waals surface area contributed by atoms with Gasteiger partial charge in [0, 0.05) is 36.6 Å². The van der Waals surface area contributed by atoms with Crippen molar-refractivity contribution in [2.45, 2.75) is 43.7 Å². The second-order valence-electron chi connectivity index (χ2n) is 6.10. The first kappa shape index (κ1) is 14.1. The summed E-state index contributed by atoms with van der Waals surface area (Å²) in [4.78, 5) is 13.3. The summed E-state index contributed by atoms with van der Waals surface area (Å²) in [7, 11) is 1.90. The van der Waals surface area contributed by atoms with Crippen molar-refractivity contribution in [3.8, 4) is 0 Å². The van der Waals surface area contributed by atoms with Crippen molar-refractivity contribution in [3.63, 3.8) is 0 Å². The molecule has 1 amide bonds. The molecule has 1 aromatic carbocycles. The molecule has 1 N–H and O–H groups in total. The summed E-state index contributed by atoms with van der Waals surface area (Å²) >= 11 is 3.54. The molecule has 108 valence electrons. The van der Waals surface area contributed by atoms with Gasteiger partial charge in [-0.2, -0.15) is 0 Å². The van der Waals surface area contributed by atoms with Crippen LogP contribution in [0.5, 0.6) is 0 Å². The summed E-state index contributed by atoms with van der Waals surface area (Å²) in [6.45, 7) is 0.858. The van der Waals surface area contributed by atoms with Crippen molar-refractivity contribution >= 4 is 21.8 Å². The van der Waals surface area contributed by atoms with E-state index in [9.17, 15) is 4.79 Å². The van der Waals surface area contributed by atoms with E-state index in [1.807, 2.05) is 11.9 Å². The highest BCUT2D eigenvalue weighted by Gasteiger charge is 2.33. The molecule has 1 aromatic rings. The van der Waals surface area contributed by atoms with Gasteiger partial charge in [-0.05, 0) is 42.9 Å². The fraction of sp³-hybridized carbons (Fsp3) is 0.562. The molecular weight excluding hydrogens is 316 g/mol. The molecule has 0 radical (unpaired) electrons. The number of carbonyl (C=O) groups is 1. The molecule has 1 atom stereocenters. The number of hydrogen-bond acceptors (Lipinski definition) is 2. The fourth-order valence-corrected chi connectivity index (χ4v) is 3.69. The number of hydrogen-bond donors (Lipinski definition) is 1. The Labute approximate surface area is 128 Å². The molecule has 1 unspecified atom stereocenters. The quantitative estimate of drug-likeness (QED) is 0.920. The van der Waals surface area contributed by atoms with Crippen LogP contribution in [0.3, 0.4) is 0 Å². The van der Waals surface area contributed by atoms with Crippen LogP contribution in [0.1, 0.15) is 37.2 Å². The topological polar surface area (TPSA) is 32.3 Å². The maximum atomic E-state index is 11.5. The summed E-state index contributed by atoms with van der Waals surface area (Å²) < 4.78 is 1.17. The number of nitrogens with zero attached hydrogens (tertiary/aromatic N) is 1. The molecule has 1 aliphatic heterocycles. The van der Waals surface area contributed by atoms with E-state index >= 15 is 0 Å². The van der Waals surface area contributed by atoms with Crippen LogP contribution < -0.4 is 5.32 Å². The molecule has 1 aliphatic carbocycles. The lowest BCUT2D eigenvalue weighted by atomic mass is 9.75. The molecule has 1 heterocycles. The summed E-state index contributed by atoms with van der Waals surface area (Å²) in [5, 5.41) is 3.72. The van der Waals surface area contributed by atoms with Crippen molar-refractivity contribution in [2.24, 2.45) is 0 Å². The average molecular weight is 337 g/mol. The van der Waals surface area contributed by atoms with Gasteiger partial charge in [-0.25, -0.2) is 0 Å². The fourth-order valence-electron chi connectivity index (χ4n) is 3.27. The minimum atomic E-state index is 0.281. The minimum absolute atomic E-state index is 0.281. The van der Waals surface area contributed by atoms with Gasteiger partial charge in [-0.3, -0.25) is 4.79 Å². The highest BCUT2D eigenvalue weighted by molar-refractivity contribution is 9.10. The second kappa shape index (κ2) is 5.86. The van der Waals surface area contributed by atoms with E-state index in [1.165, 1.54) is 22.9 Å². The molecule has 1 saturated heterocycles. The number of carbonyl (C=O) groups excluding carboxylic acids is 1. The first-order valence-electron chi connectivity index (χ1n) is 7.37. The van der Waals surface area contributed by atoms with Crippen LogP contribution in [0.2, 0.25) is 0 Å². The Morgan fingerprint density at radius 1 is 1.30 bits per heavy atom. The Bertz CT molecular complexity index is 499. The van der Waals surface area contributed by atoms with Crippen LogP contribution in [0.25, 0.3) is 0 Å². The van der Waals surface area contributed by atoms with Gasteiger partial charge in [0.05, 0.1) is 0 Å². The Balaban J connectivity index is 1.48. The molecule has 4 heteroatoms. The highest BCUT2D eigenvalue weighted by atomic mass is 79.9. The van der Waals surface area contributed by atoms with Crippen LogP contribution in [0, 0.1) is 0 Å². The first-order chi connectivity index (χ1) is 9.61. The van der Waals surface area contributed by atoms with Crippen LogP contribution in [0.4, 0.5) is 0 Å². The maximum Gasteiger partial charge on any atom is 0.222 e. The Hall–Kier alpha value is -0.870. The van der Waals surface area contributed by atoms with Gasteiger partial charge in [-0.1, -0.05) is 28.1 Å². The molecule has 0 spiro atoms. The standard InChI is InChI=1S/C16H21BrN2O/c1-19-10-14(5-6-16(19)20)18-15-8-12(9-15)11-3-2-4-13(17)7-11/h2-4,7,12,14-15,18H,5-6,8-10H2,1H3. The third kappa shape index (κ3) is 3.07. The number of likely N-dealkylation sites (N-methyl/N-ethyl adjacent to an activating group) is 1. The average Bonchev–Trinajstić information content (AvgIpc) is 2.37. The van der Waals surface area contributed by atoms with Crippen molar-refractivity contribution < 1.29 is 4.79 Å². The largest absolute Gasteiger partial charge is 0.344 e. The number of likely N-dealkylation sites (tertiary alicyclic amines) is 1. The van der Waals surface area contributed by atoms with Gasteiger partial charge >= 0.3 is 0 Å². The Morgan fingerprint density at radius 3 is 2.80 bits per heavy atom. The van der Waals surface area contributed by atoms with Crippen LogP contribution >= 0.6 is 15.9 Å². The van der Waals surface area contributed by atoms with E-state index in [4.69, 9.17) is 0 Å². The normalized spacial score (nSPS) is 30.2. The predicted octanol–water partition coefficient (Wildman–Crippen LogP) is 2.91. The van der Waals surface area contributed by atoms with Crippen molar-refractivity contribution in [2.75, 3.05) is 13.6 Å². The lowest BCUT2D eigenvalue weighted by Gasteiger charge is -2.41. The monoisotopic (exact) mass is 336 g/mol. The van der Waals surface area contributed by atoms with Gasteiger partial charge in [0.2, 0.25) is 5.91 Å². The SMILES string of the molecule is CN1CC(NC2CC(c3cccc(Br)c3)C2)CCC1=O. The second-order valence-corrected chi connectivity index (χ2v) is 7.01. The molecule has 20 heavy (non-hydrogen) atoms. The zero-order chi connectivity index (χ0) is 14.1. The van der Waals surface area contributed by atoms with Crippen molar-refractivity contribution in [1.29, 1.82) is 0 Å². The van der Waals surface area contributed by atoms with Crippen LogP contribution in [-0.2, 0) is 4.79 Å². The Morgan fingerprint density at radius 2 is 2.10 bits per heavy atom. The molecule has 1 saturated carbocycles. The number of piperidine rings is 1. The summed E-state index contributed by atoms with van der Waals surface area (Å²) in [6.07, 6.45) is 4.10. The molecule has 3 rings (SSSR count).